The summed E-state index contributed by atoms with van der Waals surface area (Å²) in [6.45, 7) is 0. The van der Waals surface area contributed by atoms with Crippen LogP contribution in [0.3, 0.4) is 0 Å². The van der Waals surface area contributed by atoms with Crippen molar-refractivity contribution in [3.8, 4) is 0 Å². The molecular weight excluding hydrogens is 251 g/mol. The number of rotatable bonds is 1. The topological polar surface area (TPSA) is 40.5 Å². The third kappa shape index (κ3) is 1.65. The van der Waals surface area contributed by atoms with E-state index in [1.54, 1.807) is 6.07 Å². The molecule has 0 fully saturated rings. The van der Waals surface area contributed by atoms with Crippen LogP contribution in [0.5, 0.6) is 0 Å². The van der Waals surface area contributed by atoms with E-state index in [9.17, 15) is 0 Å². The van der Waals surface area contributed by atoms with Crippen LogP contribution in [0, 0.1) is 0 Å². The summed E-state index contributed by atoms with van der Waals surface area (Å²) in [5.41, 5.74) is 0. The third-order valence-corrected chi connectivity index (χ3v) is 3.61. The van der Waals surface area contributed by atoms with Crippen LogP contribution in [-0.2, 0) is 0 Å². The Morgan fingerprint density at radius 1 is 1.31 bits per heavy atom. The second-order valence-corrected chi connectivity index (χ2v) is 4.64. The van der Waals surface area contributed by atoms with Gasteiger partial charge in [-0.3, -0.25) is 0 Å². The fourth-order valence-electron chi connectivity index (χ4n) is 1.17. The maximum absolute atomic E-state index is 8.97. The molecule has 2 N–H and O–H groups in total. The van der Waals surface area contributed by atoms with Gasteiger partial charge in [0.15, 0.2) is 0 Å². The van der Waals surface area contributed by atoms with E-state index in [1.165, 1.54) is 11.3 Å². The van der Waals surface area contributed by atoms with Crippen LogP contribution >= 0.6 is 27.3 Å². The molecule has 2 aromatic rings. The van der Waals surface area contributed by atoms with Crippen LogP contribution in [0.2, 0.25) is 0 Å². The minimum absolute atomic E-state index is 0.571. The van der Waals surface area contributed by atoms with Crippen molar-refractivity contribution >= 4 is 49.2 Å². The van der Waals surface area contributed by atoms with Gasteiger partial charge in [-0.1, -0.05) is 22.0 Å². The molecule has 0 unspecified atom stereocenters. The zero-order chi connectivity index (χ0) is 9.42. The lowest BCUT2D eigenvalue weighted by molar-refractivity contribution is 0.427. The molecule has 1 aromatic heterocycles. The highest BCUT2D eigenvalue weighted by atomic mass is 79.9. The van der Waals surface area contributed by atoms with Crippen LogP contribution in [0.1, 0.15) is 0 Å². The van der Waals surface area contributed by atoms with Crippen LogP contribution in [0.15, 0.2) is 28.7 Å². The summed E-state index contributed by atoms with van der Waals surface area (Å²) in [5, 5.41) is 19.0. The van der Waals surface area contributed by atoms with Crippen molar-refractivity contribution in [1.29, 1.82) is 0 Å². The van der Waals surface area contributed by atoms with E-state index < -0.39 is 7.12 Å². The molecule has 0 radical (unpaired) electrons. The minimum Gasteiger partial charge on any atom is -0.423 e. The first kappa shape index (κ1) is 9.21. The highest BCUT2D eigenvalue weighted by Gasteiger charge is 2.15. The average Bonchev–Trinajstić information content (AvgIpc) is 2.49. The highest BCUT2D eigenvalue weighted by Crippen LogP contribution is 2.26. The van der Waals surface area contributed by atoms with Crippen LogP contribution in [0.4, 0.5) is 0 Å². The van der Waals surface area contributed by atoms with E-state index in [2.05, 4.69) is 15.9 Å². The van der Waals surface area contributed by atoms with Crippen molar-refractivity contribution in [3.63, 3.8) is 0 Å². The summed E-state index contributed by atoms with van der Waals surface area (Å²) < 4.78 is 2.60. The van der Waals surface area contributed by atoms with Gasteiger partial charge >= 0.3 is 7.12 Å². The normalized spacial score (nSPS) is 10.7. The Kier molecular flexibility index (Phi) is 2.42. The molecule has 0 amide bonds. The summed E-state index contributed by atoms with van der Waals surface area (Å²) in [7, 11) is -1.37. The van der Waals surface area contributed by atoms with Crippen molar-refractivity contribution in [2.45, 2.75) is 0 Å². The van der Waals surface area contributed by atoms with Crippen molar-refractivity contribution in [2.24, 2.45) is 0 Å². The van der Waals surface area contributed by atoms with Gasteiger partial charge in [-0.15, -0.1) is 11.3 Å². The SMILES string of the molecule is OB(O)c1cc2c(Br)cccc2s1. The van der Waals surface area contributed by atoms with E-state index in [0.717, 1.165) is 14.6 Å². The molecule has 13 heavy (non-hydrogen) atoms. The van der Waals surface area contributed by atoms with Crippen molar-refractivity contribution in [1.82, 2.24) is 0 Å². The Morgan fingerprint density at radius 3 is 2.69 bits per heavy atom. The predicted octanol–water partition coefficient (Wildman–Crippen LogP) is 1.34. The monoisotopic (exact) mass is 256 g/mol. The number of halogens is 1. The van der Waals surface area contributed by atoms with Gasteiger partial charge in [0, 0.05) is 19.3 Å². The van der Waals surface area contributed by atoms with E-state index in [4.69, 9.17) is 10.0 Å². The molecule has 1 aromatic carbocycles. The van der Waals surface area contributed by atoms with Gasteiger partial charge in [0.25, 0.3) is 0 Å². The Labute approximate surface area is 88.1 Å². The largest absolute Gasteiger partial charge is 0.499 e. The summed E-state index contributed by atoms with van der Waals surface area (Å²) in [4.78, 5) is 0. The van der Waals surface area contributed by atoms with E-state index >= 15 is 0 Å². The second-order valence-electron chi connectivity index (χ2n) is 2.67. The van der Waals surface area contributed by atoms with Gasteiger partial charge < -0.3 is 10.0 Å². The molecule has 0 bridgehead atoms. The molecule has 2 rings (SSSR count). The van der Waals surface area contributed by atoms with Gasteiger partial charge in [0.2, 0.25) is 0 Å². The van der Waals surface area contributed by atoms with E-state index in [0.29, 0.717) is 4.78 Å². The van der Waals surface area contributed by atoms with Crippen LogP contribution in [-0.4, -0.2) is 17.2 Å². The standard InChI is InChI=1S/C8H6BBrO2S/c10-6-2-1-3-7-5(6)4-8(13-7)9(11)12/h1-4,11-12H. The Hall–Kier alpha value is -0.355. The molecule has 0 aliphatic rings. The average molecular weight is 257 g/mol. The number of hydrogen-bond acceptors (Lipinski definition) is 3. The van der Waals surface area contributed by atoms with Crippen LogP contribution in [0.25, 0.3) is 10.1 Å². The molecular formula is C8H6BBrO2S. The summed E-state index contributed by atoms with van der Waals surface area (Å²) in [6, 6.07) is 7.60. The molecule has 0 aliphatic carbocycles. The number of benzene rings is 1. The van der Waals surface area contributed by atoms with Gasteiger partial charge in [-0.05, 0) is 18.2 Å². The van der Waals surface area contributed by atoms with Gasteiger partial charge in [0.1, 0.15) is 0 Å². The second kappa shape index (κ2) is 3.42. The molecule has 0 saturated carbocycles. The minimum atomic E-state index is -1.37. The molecule has 66 valence electrons. The first-order valence-electron chi connectivity index (χ1n) is 3.72. The van der Waals surface area contributed by atoms with E-state index in [1.807, 2.05) is 18.2 Å². The maximum Gasteiger partial charge on any atom is 0.499 e. The Morgan fingerprint density at radius 2 is 2.08 bits per heavy atom. The van der Waals surface area contributed by atoms with Gasteiger partial charge in [-0.25, -0.2) is 0 Å². The highest BCUT2D eigenvalue weighted by molar-refractivity contribution is 9.10. The van der Waals surface area contributed by atoms with Crippen molar-refractivity contribution in [3.05, 3.63) is 28.7 Å². The Bertz CT molecular complexity index is 441. The zero-order valence-corrected chi connectivity index (χ0v) is 8.97. The zero-order valence-electron chi connectivity index (χ0n) is 6.57. The molecule has 0 spiro atoms. The molecule has 5 heteroatoms. The molecule has 2 nitrogen and oxygen atoms in total. The van der Waals surface area contributed by atoms with Crippen LogP contribution < -0.4 is 4.78 Å². The Balaban J connectivity index is 2.68. The fraction of sp³-hybridized carbons (Fsp3) is 0. The van der Waals surface area contributed by atoms with Crippen molar-refractivity contribution < 1.29 is 10.0 Å². The van der Waals surface area contributed by atoms with Gasteiger partial charge in [0.05, 0.1) is 0 Å². The molecule has 0 saturated heterocycles. The maximum atomic E-state index is 8.97. The third-order valence-electron chi connectivity index (χ3n) is 1.78. The predicted molar refractivity (Wildman–Crippen MR) is 59.4 cm³/mol. The van der Waals surface area contributed by atoms with E-state index in [-0.39, 0.29) is 0 Å². The fourth-order valence-corrected chi connectivity index (χ4v) is 2.75. The molecule has 0 aliphatic heterocycles. The van der Waals surface area contributed by atoms with Crippen molar-refractivity contribution in [2.75, 3.05) is 0 Å². The number of fused-ring (bicyclic) bond motifs is 1. The number of thiophene rings is 1. The lowest BCUT2D eigenvalue weighted by Gasteiger charge is -1.90. The quantitative estimate of drug-likeness (QED) is 0.757. The van der Waals surface area contributed by atoms with Gasteiger partial charge in [-0.2, -0.15) is 0 Å². The lowest BCUT2D eigenvalue weighted by Crippen LogP contribution is -2.26. The number of hydrogen-bond donors (Lipinski definition) is 2. The lowest BCUT2D eigenvalue weighted by atomic mass is 9.89. The molecule has 0 atom stereocenters. The summed E-state index contributed by atoms with van der Waals surface area (Å²) in [5.74, 6) is 0. The molecule has 1 heterocycles. The summed E-state index contributed by atoms with van der Waals surface area (Å²) in [6.07, 6.45) is 0. The smallest absolute Gasteiger partial charge is 0.423 e. The first-order valence-corrected chi connectivity index (χ1v) is 5.33. The summed E-state index contributed by atoms with van der Waals surface area (Å²) >= 11 is 4.79. The first-order chi connectivity index (χ1) is 6.18.